The molecule has 1 aromatic carbocycles. The van der Waals surface area contributed by atoms with Gasteiger partial charge in [-0.2, -0.15) is 5.26 Å². The zero-order valence-electron chi connectivity index (χ0n) is 8.27. The van der Waals surface area contributed by atoms with E-state index in [0.717, 1.165) is 5.56 Å². The summed E-state index contributed by atoms with van der Waals surface area (Å²) in [6, 6.07) is 9.13. The highest BCUT2D eigenvalue weighted by Crippen LogP contribution is 2.38. The fraction of sp³-hybridized carbons (Fsp3) is 0.0833. The van der Waals surface area contributed by atoms with Gasteiger partial charge in [-0.25, -0.2) is 0 Å². The summed E-state index contributed by atoms with van der Waals surface area (Å²) in [5.41, 5.74) is 1.23. The van der Waals surface area contributed by atoms with Crippen LogP contribution >= 0.6 is 0 Å². The van der Waals surface area contributed by atoms with Gasteiger partial charge in [0, 0.05) is 11.6 Å². The molecule has 0 radical (unpaired) electrons. The number of ether oxygens (including phenoxy) is 2. The first-order valence-electron chi connectivity index (χ1n) is 4.76. The van der Waals surface area contributed by atoms with Gasteiger partial charge in [-0.1, -0.05) is 0 Å². The van der Waals surface area contributed by atoms with E-state index in [1.807, 2.05) is 0 Å². The van der Waals surface area contributed by atoms with Crippen LogP contribution in [0.5, 0.6) is 11.5 Å². The summed E-state index contributed by atoms with van der Waals surface area (Å²) in [6.45, 7) is 0.196. The number of hydrogen-bond acceptors (Lipinski definition) is 4. The lowest BCUT2D eigenvalue weighted by atomic mass is 10.1. The molecule has 0 atom stereocenters. The Morgan fingerprint density at radius 3 is 2.69 bits per heavy atom. The van der Waals surface area contributed by atoms with E-state index in [1.165, 1.54) is 0 Å². The van der Waals surface area contributed by atoms with Crippen LogP contribution in [0.4, 0.5) is 0 Å². The third-order valence-electron chi connectivity index (χ3n) is 2.42. The smallest absolute Gasteiger partial charge is 0.231 e. The quantitative estimate of drug-likeness (QED) is 0.730. The molecule has 0 spiro atoms. The van der Waals surface area contributed by atoms with Crippen molar-refractivity contribution >= 4 is 0 Å². The molecule has 4 nitrogen and oxygen atoms in total. The zero-order chi connectivity index (χ0) is 11.0. The van der Waals surface area contributed by atoms with E-state index in [4.69, 9.17) is 19.2 Å². The van der Waals surface area contributed by atoms with Gasteiger partial charge in [0.15, 0.2) is 11.5 Å². The van der Waals surface area contributed by atoms with E-state index < -0.39 is 0 Å². The first-order valence-corrected chi connectivity index (χ1v) is 4.76. The molecule has 2 aromatic rings. The van der Waals surface area contributed by atoms with E-state index in [1.54, 1.807) is 30.5 Å². The molecule has 1 aromatic heterocycles. The van der Waals surface area contributed by atoms with Crippen LogP contribution in [-0.4, -0.2) is 6.79 Å². The molecule has 3 rings (SSSR count). The molecule has 0 N–H and O–H groups in total. The van der Waals surface area contributed by atoms with Crippen LogP contribution in [0.25, 0.3) is 11.3 Å². The van der Waals surface area contributed by atoms with Gasteiger partial charge in [0.05, 0.1) is 11.8 Å². The molecule has 1 aliphatic heterocycles. The summed E-state index contributed by atoms with van der Waals surface area (Å²) >= 11 is 0. The van der Waals surface area contributed by atoms with Gasteiger partial charge in [-0.05, 0) is 18.2 Å². The standard InChI is InChI=1S/C12H7NO3/c13-6-8-4-11-12(16-7-15-11)5-9(8)10-2-1-3-14-10/h1-5H,7H2. The maximum absolute atomic E-state index is 9.06. The number of nitrogens with zero attached hydrogens (tertiary/aromatic N) is 1. The van der Waals surface area contributed by atoms with Crippen LogP contribution in [0, 0.1) is 11.3 Å². The van der Waals surface area contributed by atoms with Crippen LogP contribution in [0.3, 0.4) is 0 Å². The summed E-state index contributed by atoms with van der Waals surface area (Å²) in [5, 5.41) is 9.06. The molecule has 0 saturated carbocycles. The summed E-state index contributed by atoms with van der Waals surface area (Å²) in [6.07, 6.45) is 1.57. The average Bonchev–Trinajstić information content (AvgIpc) is 2.97. The van der Waals surface area contributed by atoms with Crippen molar-refractivity contribution in [2.45, 2.75) is 0 Å². The lowest BCUT2D eigenvalue weighted by Crippen LogP contribution is -1.92. The molecule has 0 aliphatic carbocycles. The number of furan rings is 1. The van der Waals surface area contributed by atoms with Crippen molar-refractivity contribution in [2.24, 2.45) is 0 Å². The van der Waals surface area contributed by atoms with Gasteiger partial charge >= 0.3 is 0 Å². The molecule has 0 fully saturated rings. The fourth-order valence-electron chi connectivity index (χ4n) is 1.67. The molecule has 1 aliphatic rings. The Labute approximate surface area is 91.6 Å². The second kappa shape index (κ2) is 3.31. The molecule has 16 heavy (non-hydrogen) atoms. The van der Waals surface area contributed by atoms with Crippen molar-refractivity contribution in [1.29, 1.82) is 5.26 Å². The molecule has 2 heterocycles. The van der Waals surface area contributed by atoms with Gasteiger partial charge in [0.2, 0.25) is 6.79 Å². The topological polar surface area (TPSA) is 55.4 Å². The fourth-order valence-corrected chi connectivity index (χ4v) is 1.67. The van der Waals surface area contributed by atoms with Gasteiger partial charge < -0.3 is 13.9 Å². The number of benzene rings is 1. The van der Waals surface area contributed by atoms with Crippen molar-refractivity contribution in [2.75, 3.05) is 6.79 Å². The van der Waals surface area contributed by atoms with Crippen molar-refractivity contribution in [1.82, 2.24) is 0 Å². The van der Waals surface area contributed by atoms with Crippen LogP contribution in [-0.2, 0) is 0 Å². The molecule has 0 saturated heterocycles. The highest BCUT2D eigenvalue weighted by Gasteiger charge is 2.18. The Kier molecular flexibility index (Phi) is 1.84. The summed E-state index contributed by atoms with van der Waals surface area (Å²) in [4.78, 5) is 0. The molecule has 78 valence electrons. The molecule has 0 amide bonds. The summed E-state index contributed by atoms with van der Waals surface area (Å²) < 4.78 is 15.7. The van der Waals surface area contributed by atoms with Gasteiger partial charge in [0.1, 0.15) is 11.8 Å². The third-order valence-corrected chi connectivity index (χ3v) is 2.42. The zero-order valence-corrected chi connectivity index (χ0v) is 8.27. The second-order valence-corrected chi connectivity index (χ2v) is 3.34. The van der Waals surface area contributed by atoms with Crippen LogP contribution < -0.4 is 9.47 Å². The van der Waals surface area contributed by atoms with Crippen molar-refractivity contribution in [3.8, 4) is 28.9 Å². The van der Waals surface area contributed by atoms with Gasteiger partial charge in [-0.3, -0.25) is 0 Å². The second-order valence-electron chi connectivity index (χ2n) is 3.34. The molecule has 4 heteroatoms. The SMILES string of the molecule is N#Cc1cc2c(cc1-c1ccco1)OCO2. The van der Waals surface area contributed by atoms with Crippen LogP contribution in [0.15, 0.2) is 34.9 Å². The summed E-state index contributed by atoms with van der Waals surface area (Å²) in [5.74, 6) is 1.90. The monoisotopic (exact) mass is 213 g/mol. The van der Waals surface area contributed by atoms with Crippen molar-refractivity contribution < 1.29 is 13.9 Å². The van der Waals surface area contributed by atoms with Crippen LogP contribution in [0.1, 0.15) is 5.56 Å². The molecule has 0 bridgehead atoms. The lowest BCUT2D eigenvalue weighted by molar-refractivity contribution is 0.174. The highest BCUT2D eigenvalue weighted by atomic mass is 16.7. The van der Waals surface area contributed by atoms with Crippen LogP contribution in [0.2, 0.25) is 0 Å². The van der Waals surface area contributed by atoms with E-state index in [-0.39, 0.29) is 6.79 Å². The van der Waals surface area contributed by atoms with E-state index in [0.29, 0.717) is 22.8 Å². The molecule has 0 unspecified atom stereocenters. The predicted octanol–water partition coefficient (Wildman–Crippen LogP) is 2.55. The first-order chi connectivity index (χ1) is 7.88. The van der Waals surface area contributed by atoms with Gasteiger partial charge in [0.25, 0.3) is 0 Å². The first kappa shape index (κ1) is 8.86. The highest BCUT2D eigenvalue weighted by molar-refractivity contribution is 5.71. The molecular weight excluding hydrogens is 206 g/mol. The largest absolute Gasteiger partial charge is 0.464 e. The van der Waals surface area contributed by atoms with E-state index in [2.05, 4.69) is 6.07 Å². The maximum Gasteiger partial charge on any atom is 0.231 e. The van der Waals surface area contributed by atoms with Gasteiger partial charge in [-0.15, -0.1) is 0 Å². The average molecular weight is 213 g/mol. The Hall–Kier alpha value is -2.41. The predicted molar refractivity (Wildman–Crippen MR) is 55.0 cm³/mol. The Bertz CT molecular complexity index is 567. The number of hydrogen-bond donors (Lipinski definition) is 0. The number of fused-ring (bicyclic) bond motifs is 1. The lowest BCUT2D eigenvalue weighted by Gasteiger charge is -2.02. The van der Waals surface area contributed by atoms with E-state index >= 15 is 0 Å². The Morgan fingerprint density at radius 1 is 1.19 bits per heavy atom. The minimum Gasteiger partial charge on any atom is -0.464 e. The normalized spacial score (nSPS) is 12.4. The Balaban J connectivity index is 2.22. The number of rotatable bonds is 1. The maximum atomic E-state index is 9.06. The minimum absolute atomic E-state index is 0.196. The Morgan fingerprint density at radius 2 is 2.00 bits per heavy atom. The summed E-state index contributed by atoms with van der Waals surface area (Å²) in [7, 11) is 0. The molecular formula is C12H7NO3. The van der Waals surface area contributed by atoms with Crippen molar-refractivity contribution in [3.63, 3.8) is 0 Å². The van der Waals surface area contributed by atoms with E-state index in [9.17, 15) is 0 Å². The third kappa shape index (κ3) is 1.22. The number of nitriles is 1. The van der Waals surface area contributed by atoms with Crippen molar-refractivity contribution in [3.05, 3.63) is 36.1 Å². The minimum atomic E-state index is 0.196.